The van der Waals surface area contributed by atoms with E-state index in [1.165, 1.54) is 28.9 Å². The first-order valence-electron chi connectivity index (χ1n) is 8.32. The third-order valence-corrected chi connectivity index (χ3v) is 3.62. The van der Waals surface area contributed by atoms with E-state index in [0.29, 0.717) is 17.5 Å². The van der Waals surface area contributed by atoms with Gasteiger partial charge < -0.3 is 9.64 Å². The van der Waals surface area contributed by atoms with E-state index >= 15 is 0 Å². The number of aromatic nitrogens is 3. The summed E-state index contributed by atoms with van der Waals surface area (Å²) in [6, 6.07) is 13.0. The predicted molar refractivity (Wildman–Crippen MR) is 100 cm³/mol. The van der Waals surface area contributed by atoms with Gasteiger partial charge in [0.25, 0.3) is 5.95 Å². The van der Waals surface area contributed by atoms with Gasteiger partial charge in [0, 0.05) is 19.7 Å². The van der Waals surface area contributed by atoms with E-state index in [9.17, 15) is 13.2 Å². The highest BCUT2D eigenvalue weighted by molar-refractivity contribution is 5.62. The second kappa shape index (κ2) is 7.71. The fourth-order valence-electron chi connectivity index (χ4n) is 2.34. The van der Waals surface area contributed by atoms with Crippen molar-refractivity contribution < 1.29 is 17.9 Å². The Hall–Kier alpha value is -3.36. The van der Waals surface area contributed by atoms with Crippen molar-refractivity contribution in [3.05, 3.63) is 54.1 Å². The fourth-order valence-corrected chi connectivity index (χ4v) is 2.34. The van der Waals surface area contributed by atoms with Crippen LogP contribution in [-0.2, 0) is 0 Å². The number of halogens is 3. The normalized spacial score (nSPS) is 11.8. The van der Waals surface area contributed by atoms with E-state index in [0.717, 1.165) is 11.1 Å². The molecule has 0 radical (unpaired) electrons. The van der Waals surface area contributed by atoms with Gasteiger partial charge in [-0.3, -0.25) is 0 Å². The summed E-state index contributed by atoms with van der Waals surface area (Å²) in [5.74, 6) is 0.448. The highest BCUT2D eigenvalue weighted by atomic mass is 19.4. The van der Waals surface area contributed by atoms with Gasteiger partial charge in [0.15, 0.2) is 5.82 Å². The zero-order valence-corrected chi connectivity index (χ0v) is 15.5. The minimum Gasteiger partial charge on any atom is -0.406 e. The van der Waals surface area contributed by atoms with Crippen LogP contribution in [0.3, 0.4) is 0 Å². The molecule has 1 heterocycles. The van der Waals surface area contributed by atoms with Crippen LogP contribution in [0.25, 0.3) is 17.1 Å². The monoisotopic (exact) mass is 389 g/mol. The summed E-state index contributed by atoms with van der Waals surface area (Å²) in [4.78, 5) is 10.5. The number of benzene rings is 2. The highest BCUT2D eigenvalue weighted by Gasteiger charge is 2.31. The smallest absolute Gasteiger partial charge is 0.406 e. The standard InChI is InChI=1S/C19H18F3N5O/c1-13-4-6-14(7-5-13)17-24-18(23-12-26(2)3)27(25-17)15-8-10-16(11-9-15)28-19(20,21)22/h4-12H,1-3H3. The Morgan fingerprint density at radius 1 is 1.04 bits per heavy atom. The van der Waals surface area contributed by atoms with Gasteiger partial charge in [-0.1, -0.05) is 29.8 Å². The summed E-state index contributed by atoms with van der Waals surface area (Å²) in [7, 11) is 3.63. The van der Waals surface area contributed by atoms with Crippen molar-refractivity contribution in [2.75, 3.05) is 14.1 Å². The molecule has 0 spiro atoms. The Morgan fingerprint density at radius 2 is 1.68 bits per heavy atom. The lowest BCUT2D eigenvalue weighted by Crippen LogP contribution is -2.17. The maximum Gasteiger partial charge on any atom is 0.573 e. The molecule has 9 heteroatoms. The van der Waals surface area contributed by atoms with Gasteiger partial charge in [0.1, 0.15) is 5.75 Å². The summed E-state index contributed by atoms with van der Waals surface area (Å²) in [5, 5.41) is 4.47. The van der Waals surface area contributed by atoms with E-state index in [4.69, 9.17) is 0 Å². The van der Waals surface area contributed by atoms with E-state index < -0.39 is 6.36 Å². The van der Waals surface area contributed by atoms with Crippen molar-refractivity contribution in [3.8, 4) is 22.8 Å². The van der Waals surface area contributed by atoms with Crippen molar-refractivity contribution in [2.24, 2.45) is 4.99 Å². The molecule has 1 aromatic heterocycles. The third-order valence-electron chi connectivity index (χ3n) is 3.62. The summed E-state index contributed by atoms with van der Waals surface area (Å²) < 4.78 is 42.4. The lowest BCUT2D eigenvalue weighted by Gasteiger charge is -2.09. The van der Waals surface area contributed by atoms with Crippen molar-refractivity contribution in [1.29, 1.82) is 0 Å². The first kappa shape index (κ1) is 19.4. The van der Waals surface area contributed by atoms with E-state index in [2.05, 4.69) is 19.8 Å². The largest absolute Gasteiger partial charge is 0.573 e. The van der Waals surface area contributed by atoms with Crippen molar-refractivity contribution >= 4 is 12.3 Å². The highest BCUT2D eigenvalue weighted by Crippen LogP contribution is 2.26. The van der Waals surface area contributed by atoms with Crippen LogP contribution in [0.4, 0.5) is 19.1 Å². The van der Waals surface area contributed by atoms with Crippen LogP contribution in [0.1, 0.15) is 5.56 Å². The summed E-state index contributed by atoms with van der Waals surface area (Å²) >= 11 is 0. The number of ether oxygens (including phenoxy) is 1. The van der Waals surface area contributed by atoms with Crippen LogP contribution >= 0.6 is 0 Å². The van der Waals surface area contributed by atoms with Crippen LogP contribution < -0.4 is 4.74 Å². The van der Waals surface area contributed by atoms with Gasteiger partial charge in [0.2, 0.25) is 0 Å². The second-order valence-electron chi connectivity index (χ2n) is 6.26. The number of hydrogen-bond acceptors (Lipinski definition) is 4. The molecule has 0 aliphatic carbocycles. The zero-order chi connectivity index (χ0) is 20.3. The van der Waals surface area contributed by atoms with Gasteiger partial charge in [-0.2, -0.15) is 9.67 Å². The molecule has 6 nitrogen and oxygen atoms in total. The van der Waals surface area contributed by atoms with Crippen molar-refractivity contribution in [1.82, 2.24) is 19.7 Å². The Morgan fingerprint density at radius 3 is 2.25 bits per heavy atom. The number of aliphatic imine (C=N–C) groups is 1. The van der Waals surface area contributed by atoms with E-state index in [1.54, 1.807) is 11.2 Å². The maximum absolute atomic E-state index is 12.4. The first-order valence-corrected chi connectivity index (χ1v) is 8.32. The molecular weight excluding hydrogens is 371 g/mol. The molecule has 3 rings (SSSR count). The lowest BCUT2D eigenvalue weighted by atomic mass is 10.1. The van der Waals surface area contributed by atoms with Crippen LogP contribution in [0.5, 0.6) is 5.75 Å². The predicted octanol–water partition coefficient (Wildman–Crippen LogP) is 4.36. The number of aryl methyl sites for hydroxylation is 1. The van der Waals surface area contributed by atoms with Crippen LogP contribution in [-0.4, -0.2) is 46.5 Å². The van der Waals surface area contributed by atoms with Crippen LogP contribution in [0.2, 0.25) is 0 Å². The summed E-state index contributed by atoms with van der Waals surface area (Å²) in [6.45, 7) is 1.98. The molecule has 0 aliphatic rings. The van der Waals surface area contributed by atoms with Gasteiger partial charge in [-0.25, -0.2) is 4.99 Å². The second-order valence-corrected chi connectivity index (χ2v) is 6.26. The zero-order valence-electron chi connectivity index (χ0n) is 15.5. The van der Waals surface area contributed by atoms with Crippen molar-refractivity contribution in [3.63, 3.8) is 0 Å². The molecule has 0 fully saturated rings. The number of alkyl halides is 3. The Balaban J connectivity index is 1.99. The average Bonchev–Trinajstić information content (AvgIpc) is 3.04. The maximum atomic E-state index is 12.4. The minimum absolute atomic E-state index is 0.300. The molecular formula is C19H18F3N5O. The third kappa shape index (κ3) is 4.87. The number of hydrogen-bond donors (Lipinski definition) is 0. The summed E-state index contributed by atoms with van der Waals surface area (Å²) in [6.07, 6.45) is -3.17. The number of nitrogens with zero attached hydrogens (tertiary/aromatic N) is 5. The molecule has 0 unspecified atom stereocenters. The fraction of sp³-hybridized carbons (Fsp3) is 0.211. The lowest BCUT2D eigenvalue weighted by molar-refractivity contribution is -0.274. The molecule has 0 amide bonds. The molecule has 0 N–H and O–H groups in total. The molecule has 0 bridgehead atoms. The SMILES string of the molecule is Cc1ccc(-c2nc(N=CN(C)C)n(-c3ccc(OC(F)(F)F)cc3)n2)cc1. The van der Waals surface area contributed by atoms with E-state index in [-0.39, 0.29) is 5.75 Å². The topological polar surface area (TPSA) is 55.5 Å². The Bertz CT molecular complexity index is 961. The first-order chi connectivity index (χ1) is 13.2. The molecule has 0 saturated heterocycles. The van der Waals surface area contributed by atoms with Gasteiger partial charge in [0.05, 0.1) is 12.0 Å². The minimum atomic E-state index is -4.74. The summed E-state index contributed by atoms with van der Waals surface area (Å²) in [5.41, 5.74) is 2.42. The van der Waals surface area contributed by atoms with Crippen molar-refractivity contribution in [2.45, 2.75) is 13.3 Å². The molecule has 0 atom stereocenters. The molecule has 0 saturated carbocycles. The van der Waals surface area contributed by atoms with Crippen LogP contribution in [0, 0.1) is 6.92 Å². The van der Waals surface area contributed by atoms with Crippen LogP contribution in [0.15, 0.2) is 53.5 Å². The van der Waals surface area contributed by atoms with Gasteiger partial charge in [-0.05, 0) is 31.2 Å². The Kier molecular flexibility index (Phi) is 5.34. The van der Waals surface area contributed by atoms with E-state index in [1.807, 2.05) is 45.3 Å². The molecule has 0 aliphatic heterocycles. The average molecular weight is 389 g/mol. The molecule has 3 aromatic rings. The number of rotatable bonds is 5. The Labute approximate surface area is 159 Å². The van der Waals surface area contributed by atoms with Gasteiger partial charge >= 0.3 is 6.36 Å². The molecule has 2 aromatic carbocycles. The molecule has 28 heavy (non-hydrogen) atoms. The quantitative estimate of drug-likeness (QED) is 0.481. The van der Waals surface area contributed by atoms with Gasteiger partial charge in [-0.15, -0.1) is 18.3 Å². The molecule has 146 valence electrons.